The molecule has 3 rings (SSSR count). The molecule has 6 heteroatoms. The Hall–Kier alpha value is -2.05. The van der Waals surface area contributed by atoms with E-state index in [9.17, 15) is 9.90 Å². The maximum absolute atomic E-state index is 12.1. The van der Waals surface area contributed by atoms with Crippen LogP contribution in [0.1, 0.15) is 22.2 Å². The smallest absolute Gasteiger partial charge is 0.251 e. The van der Waals surface area contributed by atoms with Crippen molar-refractivity contribution in [3.63, 3.8) is 0 Å². The highest BCUT2D eigenvalue weighted by Gasteiger charge is 2.25. The lowest BCUT2D eigenvalue weighted by atomic mass is 10.0. The van der Waals surface area contributed by atoms with Crippen LogP contribution >= 0.6 is 11.3 Å². The third-order valence-electron chi connectivity index (χ3n) is 3.28. The number of benzene rings is 1. The van der Waals surface area contributed by atoms with E-state index in [2.05, 4.69) is 5.32 Å². The number of carbonyl (C=O) groups is 1. The standard InChI is InChI=1S/C15H15NO4S/c1-15(18,13-3-2-6-21-13)8-16-14(17)10-4-5-11-12(7-10)20-9-19-11/h2-7,18H,8-9H2,1H3,(H,16,17)/t15-/m1/s1. The van der Waals surface area contributed by atoms with Crippen molar-refractivity contribution in [2.45, 2.75) is 12.5 Å². The second kappa shape index (κ2) is 5.38. The molecule has 1 atom stereocenters. The Morgan fingerprint density at radius 3 is 2.95 bits per heavy atom. The van der Waals surface area contributed by atoms with Crippen molar-refractivity contribution < 1.29 is 19.4 Å². The van der Waals surface area contributed by atoms with Gasteiger partial charge in [-0.3, -0.25) is 4.79 Å². The van der Waals surface area contributed by atoms with Gasteiger partial charge in [-0.25, -0.2) is 0 Å². The van der Waals surface area contributed by atoms with Gasteiger partial charge in [0.1, 0.15) is 5.60 Å². The number of rotatable bonds is 4. The number of carbonyl (C=O) groups excluding carboxylic acids is 1. The first-order chi connectivity index (χ1) is 10.1. The van der Waals surface area contributed by atoms with Gasteiger partial charge in [-0.05, 0) is 36.6 Å². The van der Waals surface area contributed by atoms with Crippen LogP contribution in [0.4, 0.5) is 0 Å². The molecule has 0 fully saturated rings. The zero-order valence-electron chi connectivity index (χ0n) is 11.5. The van der Waals surface area contributed by atoms with Gasteiger partial charge in [0.05, 0.1) is 6.54 Å². The van der Waals surface area contributed by atoms with Crippen LogP contribution in [0.3, 0.4) is 0 Å². The predicted octanol–water partition coefficient (Wildman–Crippen LogP) is 2.11. The predicted molar refractivity (Wildman–Crippen MR) is 78.8 cm³/mol. The molecule has 0 unspecified atom stereocenters. The molecule has 1 aliphatic heterocycles. The molecule has 5 nitrogen and oxygen atoms in total. The minimum Gasteiger partial charge on any atom is -0.454 e. The minimum absolute atomic E-state index is 0.140. The number of hydrogen-bond donors (Lipinski definition) is 2. The largest absolute Gasteiger partial charge is 0.454 e. The van der Waals surface area contributed by atoms with Crippen molar-refractivity contribution >= 4 is 17.2 Å². The summed E-state index contributed by atoms with van der Waals surface area (Å²) < 4.78 is 10.4. The molecule has 0 spiro atoms. The molecule has 0 saturated heterocycles. The lowest BCUT2D eigenvalue weighted by molar-refractivity contribution is 0.0556. The molecule has 110 valence electrons. The van der Waals surface area contributed by atoms with Crippen LogP contribution in [0.2, 0.25) is 0 Å². The lowest BCUT2D eigenvalue weighted by Crippen LogP contribution is -2.38. The van der Waals surface area contributed by atoms with Gasteiger partial charge in [0, 0.05) is 10.4 Å². The summed E-state index contributed by atoms with van der Waals surface area (Å²) in [6.45, 7) is 1.99. The van der Waals surface area contributed by atoms with E-state index < -0.39 is 5.60 Å². The van der Waals surface area contributed by atoms with Gasteiger partial charge >= 0.3 is 0 Å². The third-order valence-corrected chi connectivity index (χ3v) is 4.40. The number of fused-ring (bicyclic) bond motifs is 1. The number of thiophene rings is 1. The fourth-order valence-corrected chi connectivity index (χ4v) is 2.85. The van der Waals surface area contributed by atoms with E-state index in [1.807, 2.05) is 17.5 Å². The normalized spacial score (nSPS) is 15.5. The average Bonchev–Trinajstić information content (AvgIpc) is 3.14. The van der Waals surface area contributed by atoms with Gasteiger partial charge in [0.2, 0.25) is 6.79 Å². The van der Waals surface area contributed by atoms with Gasteiger partial charge in [-0.15, -0.1) is 11.3 Å². The van der Waals surface area contributed by atoms with E-state index >= 15 is 0 Å². The number of nitrogens with one attached hydrogen (secondary N) is 1. The first kappa shape index (κ1) is 13.9. The van der Waals surface area contributed by atoms with Gasteiger partial charge < -0.3 is 19.9 Å². The summed E-state index contributed by atoms with van der Waals surface area (Å²) in [4.78, 5) is 13.0. The summed E-state index contributed by atoms with van der Waals surface area (Å²) in [6.07, 6.45) is 0. The molecule has 0 saturated carbocycles. The zero-order valence-corrected chi connectivity index (χ0v) is 12.3. The van der Waals surface area contributed by atoms with E-state index in [-0.39, 0.29) is 19.2 Å². The fraction of sp³-hybridized carbons (Fsp3) is 0.267. The Labute approximate surface area is 126 Å². The summed E-state index contributed by atoms with van der Waals surface area (Å²) >= 11 is 1.46. The topological polar surface area (TPSA) is 67.8 Å². The first-order valence-electron chi connectivity index (χ1n) is 6.50. The third kappa shape index (κ3) is 2.86. The highest BCUT2D eigenvalue weighted by atomic mass is 32.1. The quantitative estimate of drug-likeness (QED) is 0.908. The second-order valence-electron chi connectivity index (χ2n) is 5.00. The van der Waals surface area contributed by atoms with Crippen molar-refractivity contribution in [3.8, 4) is 11.5 Å². The minimum atomic E-state index is -1.08. The molecule has 0 bridgehead atoms. The van der Waals surface area contributed by atoms with E-state index in [4.69, 9.17) is 9.47 Å². The average molecular weight is 305 g/mol. The van der Waals surface area contributed by atoms with Gasteiger partial charge in [0.15, 0.2) is 11.5 Å². The maximum Gasteiger partial charge on any atom is 0.251 e. The molecule has 2 N–H and O–H groups in total. The molecular formula is C15H15NO4S. The molecule has 1 aliphatic rings. The highest BCUT2D eigenvalue weighted by Crippen LogP contribution is 2.32. The lowest BCUT2D eigenvalue weighted by Gasteiger charge is -2.22. The van der Waals surface area contributed by atoms with Crippen LogP contribution in [0.15, 0.2) is 35.7 Å². The summed E-state index contributed by atoms with van der Waals surface area (Å²) in [5.41, 5.74) is -0.610. The number of aliphatic hydroxyl groups is 1. The molecule has 0 radical (unpaired) electrons. The van der Waals surface area contributed by atoms with Crippen molar-refractivity contribution in [2.75, 3.05) is 13.3 Å². The second-order valence-corrected chi connectivity index (χ2v) is 5.95. The van der Waals surface area contributed by atoms with Crippen LogP contribution in [0, 0.1) is 0 Å². The van der Waals surface area contributed by atoms with Crippen LogP contribution in [0.25, 0.3) is 0 Å². The number of hydrogen-bond acceptors (Lipinski definition) is 5. The monoisotopic (exact) mass is 305 g/mol. The van der Waals surface area contributed by atoms with Crippen molar-refractivity contribution in [1.29, 1.82) is 0 Å². The van der Waals surface area contributed by atoms with E-state index in [0.717, 1.165) is 4.88 Å². The highest BCUT2D eigenvalue weighted by molar-refractivity contribution is 7.10. The molecule has 21 heavy (non-hydrogen) atoms. The van der Waals surface area contributed by atoms with E-state index in [1.54, 1.807) is 25.1 Å². The number of amides is 1. The van der Waals surface area contributed by atoms with Crippen molar-refractivity contribution in [2.24, 2.45) is 0 Å². The fourth-order valence-electron chi connectivity index (χ4n) is 2.06. The zero-order chi connectivity index (χ0) is 14.9. The summed E-state index contributed by atoms with van der Waals surface area (Å²) in [7, 11) is 0. The van der Waals surface area contributed by atoms with Gasteiger partial charge in [-0.2, -0.15) is 0 Å². The summed E-state index contributed by atoms with van der Waals surface area (Å²) in [6, 6.07) is 8.72. The summed E-state index contributed by atoms with van der Waals surface area (Å²) in [5, 5.41) is 15.0. The Morgan fingerprint density at radius 1 is 1.38 bits per heavy atom. The Bertz CT molecular complexity index is 652. The molecule has 2 aromatic rings. The van der Waals surface area contributed by atoms with E-state index in [1.165, 1.54) is 11.3 Å². The summed E-state index contributed by atoms with van der Waals surface area (Å²) in [5.74, 6) is 0.940. The van der Waals surface area contributed by atoms with Gasteiger partial charge in [-0.1, -0.05) is 6.07 Å². The van der Waals surface area contributed by atoms with Crippen LogP contribution in [-0.4, -0.2) is 24.4 Å². The molecule has 1 aromatic carbocycles. The van der Waals surface area contributed by atoms with Crippen molar-refractivity contribution in [3.05, 3.63) is 46.2 Å². The molecular weight excluding hydrogens is 290 g/mol. The number of ether oxygens (including phenoxy) is 2. The molecule has 1 aromatic heterocycles. The van der Waals surface area contributed by atoms with Crippen LogP contribution < -0.4 is 14.8 Å². The Kier molecular flexibility index (Phi) is 3.57. The van der Waals surface area contributed by atoms with E-state index in [0.29, 0.717) is 17.1 Å². The first-order valence-corrected chi connectivity index (χ1v) is 7.38. The van der Waals surface area contributed by atoms with Crippen molar-refractivity contribution in [1.82, 2.24) is 5.32 Å². The maximum atomic E-state index is 12.1. The Morgan fingerprint density at radius 2 is 2.19 bits per heavy atom. The molecule has 0 aliphatic carbocycles. The molecule has 2 heterocycles. The Balaban J connectivity index is 1.67. The SMILES string of the molecule is C[C@@](O)(CNC(=O)c1ccc2c(c1)OCO2)c1cccs1. The van der Waals surface area contributed by atoms with Crippen LogP contribution in [-0.2, 0) is 5.60 Å². The van der Waals surface area contributed by atoms with Crippen LogP contribution in [0.5, 0.6) is 11.5 Å². The van der Waals surface area contributed by atoms with Gasteiger partial charge in [0.25, 0.3) is 5.91 Å². The molecule has 1 amide bonds.